The molecule has 7 heteroatoms. The fraction of sp³-hybridized carbons (Fsp3) is 0.385. The number of hydrogen-bond acceptors (Lipinski definition) is 5. The summed E-state index contributed by atoms with van der Waals surface area (Å²) in [6, 6.07) is 4.90. The first kappa shape index (κ1) is 14.8. The van der Waals surface area contributed by atoms with Gasteiger partial charge in [0.2, 0.25) is 0 Å². The van der Waals surface area contributed by atoms with E-state index in [1.54, 1.807) is 23.1 Å². The average Bonchev–Trinajstić information content (AvgIpc) is 2.48. The smallest absolute Gasteiger partial charge is 0.339 e. The first-order valence-electron chi connectivity index (χ1n) is 6.16. The maximum atomic E-state index is 11.9. The van der Waals surface area contributed by atoms with E-state index in [0.717, 1.165) is 0 Å². The molecule has 0 spiro atoms. The molecule has 1 aromatic rings. The van der Waals surface area contributed by atoms with E-state index < -0.39 is 5.97 Å². The lowest BCUT2D eigenvalue weighted by atomic mass is 10.2. The van der Waals surface area contributed by atoms with Gasteiger partial charge < -0.3 is 20.1 Å². The Kier molecular flexibility index (Phi) is 4.97. The summed E-state index contributed by atoms with van der Waals surface area (Å²) >= 11 is 3.23. The summed E-state index contributed by atoms with van der Waals surface area (Å²) in [5.74, 6) is -0.799. The number of benzene rings is 1. The van der Waals surface area contributed by atoms with Crippen LogP contribution >= 0.6 is 15.9 Å². The molecule has 1 amide bonds. The fourth-order valence-corrected chi connectivity index (χ4v) is 2.24. The highest BCUT2D eigenvalue weighted by molar-refractivity contribution is 9.10. The van der Waals surface area contributed by atoms with Gasteiger partial charge in [0.05, 0.1) is 23.2 Å². The van der Waals surface area contributed by atoms with Crippen molar-refractivity contribution in [1.82, 2.24) is 4.90 Å². The van der Waals surface area contributed by atoms with Crippen LogP contribution in [0.3, 0.4) is 0 Å². The molecule has 2 N–H and O–H groups in total. The fourth-order valence-electron chi connectivity index (χ4n) is 1.82. The molecule has 0 unspecified atom stereocenters. The molecule has 1 aliphatic rings. The highest BCUT2D eigenvalue weighted by Gasteiger charge is 2.20. The molecule has 1 heterocycles. The molecule has 0 saturated carbocycles. The van der Waals surface area contributed by atoms with Crippen molar-refractivity contribution in [3.8, 4) is 0 Å². The number of nitrogens with zero attached hydrogens (tertiary/aromatic N) is 1. The zero-order valence-corrected chi connectivity index (χ0v) is 12.4. The van der Waals surface area contributed by atoms with E-state index in [9.17, 15) is 9.59 Å². The van der Waals surface area contributed by atoms with E-state index >= 15 is 0 Å². The summed E-state index contributed by atoms with van der Waals surface area (Å²) in [4.78, 5) is 25.4. The normalized spacial score (nSPS) is 14.9. The number of morpholine rings is 1. The molecule has 1 aromatic carbocycles. The summed E-state index contributed by atoms with van der Waals surface area (Å²) in [7, 11) is 0. The number of halogens is 1. The van der Waals surface area contributed by atoms with Crippen molar-refractivity contribution in [1.29, 1.82) is 0 Å². The largest absolute Gasteiger partial charge is 0.452 e. The molecule has 0 radical (unpaired) electrons. The van der Waals surface area contributed by atoms with Gasteiger partial charge in [-0.2, -0.15) is 0 Å². The number of esters is 1. The third kappa shape index (κ3) is 3.49. The molecule has 1 fully saturated rings. The standard InChI is InChI=1S/C13H15BrN2O4/c14-12-9(2-1-3-10(12)15)13(18)20-8-11(17)16-4-6-19-7-5-16/h1-3H,4-8,15H2. The Bertz CT molecular complexity index is 515. The SMILES string of the molecule is Nc1cccc(C(=O)OCC(=O)N2CCOCC2)c1Br. The van der Waals surface area contributed by atoms with Crippen LogP contribution in [0.5, 0.6) is 0 Å². The van der Waals surface area contributed by atoms with E-state index in [-0.39, 0.29) is 12.5 Å². The van der Waals surface area contributed by atoms with Crippen molar-refractivity contribution in [3.63, 3.8) is 0 Å². The Labute approximate surface area is 124 Å². The molecule has 6 nitrogen and oxygen atoms in total. The first-order chi connectivity index (χ1) is 9.59. The van der Waals surface area contributed by atoms with Crippen molar-refractivity contribution in [2.45, 2.75) is 0 Å². The van der Waals surface area contributed by atoms with Crippen LogP contribution in [0.2, 0.25) is 0 Å². The summed E-state index contributed by atoms with van der Waals surface area (Å²) in [6.45, 7) is 1.80. The Morgan fingerprint density at radius 2 is 2.05 bits per heavy atom. The van der Waals surface area contributed by atoms with Gasteiger partial charge in [-0.05, 0) is 28.1 Å². The molecule has 108 valence electrons. The highest BCUT2D eigenvalue weighted by Crippen LogP contribution is 2.24. The number of anilines is 1. The highest BCUT2D eigenvalue weighted by atomic mass is 79.9. The number of carbonyl (C=O) groups excluding carboxylic acids is 2. The van der Waals surface area contributed by atoms with E-state index in [1.165, 1.54) is 0 Å². The van der Waals surface area contributed by atoms with E-state index in [0.29, 0.717) is 42.0 Å². The van der Waals surface area contributed by atoms with Gasteiger partial charge in [-0.25, -0.2) is 4.79 Å². The molecule has 20 heavy (non-hydrogen) atoms. The average molecular weight is 343 g/mol. The van der Waals surface area contributed by atoms with Gasteiger partial charge >= 0.3 is 5.97 Å². The Morgan fingerprint density at radius 1 is 1.35 bits per heavy atom. The Balaban J connectivity index is 1.91. The van der Waals surface area contributed by atoms with Crippen molar-refractivity contribution >= 4 is 33.5 Å². The number of nitrogens with two attached hydrogens (primary N) is 1. The second kappa shape index (κ2) is 6.71. The first-order valence-corrected chi connectivity index (χ1v) is 6.95. The maximum Gasteiger partial charge on any atom is 0.339 e. The molecular weight excluding hydrogens is 328 g/mol. The van der Waals surface area contributed by atoms with Gasteiger partial charge in [0.25, 0.3) is 5.91 Å². The lowest BCUT2D eigenvalue weighted by Gasteiger charge is -2.26. The minimum atomic E-state index is -0.578. The molecule has 1 aliphatic heterocycles. The van der Waals surface area contributed by atoms with E-state index in [2.05, 4.69) is 15.9 Å². The minimum absolute atomic E-state index is 0.221. The van der Waals surface area contributed by atoms with Crippen LogP contribution in [0, 0.1) is 0 Å². The summed E-state index contributed by atoms with van der Waals surface area (Å²) in [5, 5.41) is 0. The summed E-state index contributed by atoms with van der Waals surface area (Å²) in [5.41, 5.74) is 6.44. The van der Waals surface area contributed by atoms with Crippen molar-refractivity contribution < 1.29 is 19.1 Å². The number of amides is 1. The van der Waals surface area contributed by atoms with Crippen LogP contribution in [-0.2, 0) is 14.3 Å². The van der Waals surface area contributed by atoms with E-state index in [4.69, 9.17) is 15.2 Å². The summed E-state index contributed by atoms with van der Waals surface area (Å²) in [6.07, 6.45) is 0. The quantitative estimate of drug-likeness (QED) is 0.655. The number of ether oxygens (including phenoxy) is 2. The van der Waals surface area contributed by atoms with E-state index in [1.807, 2.05) is 0 Å². The minimum Gasteiger partial charge on any atom is -0.452 e. The second-order valence-electron chi connectivity index (χ2n) is 4.28. The number of carbonyl (C=O) groups is 2. The lowest BCUT2D eigenvalue weighted by Crippen LogP contribution is -2.42. The Hall–Kier alpha value is -1.60. The predicted octanol–water partition coefficient (Wildman–Crippen LogP) is 1.05. The third-order valence-electron chi connectivity index (χ3n) is 2.94. The molecule has 2 rings (SSSR count). The number of hydrogen-bond donors (Lipinski definition) is 1. The van der Waals surface area contributed by atoms with Gasteiger partial charge in [-0.3, -0.25) is 4.79 Å². The van der Waals surface area contributed by atoms with Gasteiger partial charge in [-0.15, -0.1) is 0 Å². The van der Waals surface area contributed by atoms with Crippen LogP contribution in [-0.4, -0.2) is 49.7 Å². The van der Waals surface area contributed by atoms with Crippen LogP contribution in [0.15, 0.2) is 22.7 Å². The molecule has 0 aliphatic carbocycles. The van der Waals surface area contributed by atoms with Crippen molar-refractivity contribution in [3.05, 3.63) is 28.2 Å². The van der Waals surface area contributed by atoms with Gasteiger partial charge in [0.15, 0.2) is 6.61 Å². The lowest BCUT2D eigenvalue weighted by molar-refractivity contribution is -0.138. The maximum absolute atomic E-state index is 11.9. The van der Waals surface area contributed by atoms with Crippen LogP contribution in [0.1, 0.15) is 10.4 Å². The molecule has 0 aromatic heterocycles. The summed E-state index contributed by atoms with van der Waals surface area (Å²) < 4.78 is 10.7. The second-order valence-corrected chi connectivity index (χ2v) is 5.07. The zero-order valence-electron chi connectivity index (χ0n) is 10.8. The monoisotopic (exact) mass is 342 g/mol. The zero-order chi connectivity index (χ0) is 14.5. The van der Waals surface area contributed by atoms with Gasteiger partial charge in [0.1, 0.15) is 0 Å². The van der Waals surface area contributed by atoms with Gasteiger partial charge in [0, 0.05) is 18.8 Å². The van der Waals surface area contributed by atoms with Crippen molar-refractivity contribution in [2.75, 3.05) is 38.6 Å². The van der Waals surface area contributed by atoms with Crippen LogP contribution < -0.4 is 5.73 Å². The molecule has 0 atom stereocenters. The Morgan fingerprint density at radius 3 is 2.75 bits per heavy atom. The number of rotatable bonds is 3. The molecule has 1 saturated heterocycles. The van der Waals surface area contributed by atoms with Crippen molar-refractivity contribution in [2.24, 2.45) is 0 Å². The molecule has 0 bridgehead atoms. The molecular formula is C13H15BrN2O4. The van der Waals surface area contributed by atoms with Crippen LogP contribution in [0.25, 0.3) is 0 Å². The van der Waals surface area contributed by atoms with Crippen LogP contribution in [0.4, 0.5) is 5.69 Å². The predicted molar refractivity (Wildman–Crippen MR) is 76.2 cm³/mol. The number of nitrogen functional groups attached to an aromatic ring is 1. The topological polar surface area (TPSA) is 81.9 Å². The van der Waals surface area contributed by atoms with Gasteiger partial charge in [-0.1, -0.05) is 6.07 Å². The third-order valence-corrected chi connectivity index (χ3v) is 3.82.